The fraction of sp³-hybridized carbons (Fsp3) is 0.923. The third-order valence-electron chi connectivity index (χ3n) is 2.93. The van der Waals surface area contributed by atoms with Crippen molar-refractivity contribution in [3.05, 3.63) is 0 Å². The van der Waals surface area contributed by atoms with E-state index >= 15 is 0 Å². The Morgan fingerprint density at radius 2 is 1.59 bits per heavy atom. The monoisotopic (exact) mass is 240 g/mol. The average molecular weight is 240 g/mol. The molecule has 100 valence electrons. The van der Waals surface area contributed by atoms with Crippen molar-refractivity contribution in [2.75, 3.05) is 0 Å². The standard InChI is InChI=1S/C13H28N4/c1-9(2)15-13(16-10(3)4)17-12-8-6-5-7-11(12)14/h9-12H,5-8,14H2,1-4H3,(H2,15,16,17)/t11-,12-/m0/s1. The fourth-order valence-electron chi connectivity index (χ4n) is 2.13. The highest BCUT2D eigenvalue weighted by molar-refractivity contribution is 5.80. The summed E-state index contributed by atoms with van der Waals surface area (Å²) in [5.41, 5.74) is 6.13. The number of hydrogen-bond donors (Lipinski definition) is 3. The van der Waals surface area contributed by atoms with Gasteiger partial charge in [0.05, 0.1) is 6.04 Å². The molecule has 1 fully saturated rings. The molecule has 1 rings (SSSR count). The first-order chi connectivity index (χ1) is 7.99. The molecule has 4 N–H and O–H groups in total. The summed E-state index contributed by atoms with van der Waals surface area (Å²) in [4.78, 5) is 4.77. The Kier molecular flexibility index (Phi) is 5.75. The van der Waals surface area contributed by atoms with Crippen LogP contribution >= 0.6 is 0 Å². The minimum atomic E-state index is 0.224. The van der Waals surface area contributed by atoms with Crippen LogP contribution in [0.4, 0.5) is 0 Å². The third kappa shape index (κ3) is 5.39. The first-order valence-electron chi connectivity index (χ1n) is 6.85. The maximum absolute atomic E-state index is 6.13. The van der Waals surface area contributed by atoms with Crippen molar-refractivity contribution in [2.45, 2.75) is 77.5 Å². The molecule has 0 bridgehead atoms. The quantitative estimate of drug-likeness (QED) is 0.519. The lowest BCUT2D eigenvalue weighted by Crippen LogP contribution is -2.46. The number of aliphatic imine (C=N–C) groups is 1. The van der Waals surface area contributed by atoms with E-state index in [1.807, 2.05) is 0 Å². The van der Waals surface area contributed by atoms with Crippen molar-refractivity contribution in [3.8, 4) is 0 Å². The van der Waals surface area contributed by atoms with E-state index < -0.39 is 0 Å². The summed E-state index contributed by atoms with van der Waals surface area (Å²) in [5, 5.41) is 6.72. The molecule has 1 saturated carbocycles. The van der Waals surface area contributed by atoms with Gasteiger partial charge in [0.1, 0.15) is 0 Å². The number of hydrogen-bond acceptors (Lipinski definition) is 2. The van der Waals surface area contributed by atoms with Gasteiger partial charge in [-0.2, -0.15) is 0 Å². The molecular weight excluding hydrogens is 212 g/mol. The number of nitrogens with one attached hydrogen (secondary N) is 2. The first-order valence-corrected chi connectivity index (χ1v) is 6.85. The van der Waals surface area contributed by atoms with Crippen LogP contribution in [0.5, 0.6) is 0 Å². The van der Waals surface area contributed by atoms with Crippen LogP contribution in [0.15, 0.2) is 4.99 Å². The maximum atomic E-state index is 6.13. The maximum Gasteiger partial charge on any atom is 0.191 e. The molecule has 0 unspecified atom stereocenters. The van der Waals surface area contributed by atoms with E-state index in [9.17, 15) is 0 Å². The fourth-order valence-corrected chi connectivity index (χ4v) is 2.13. The third-order valence-corrected chi connectivity index (χ3v) is 2.93. The largest absolute Gasteiger partial charge is 0.354 e. The molecule has 0 aliphatic heterocycles. The lowest BCUT2D eigenvalue weighted by Gasteiger charge is -2.27. The summed E-state index contributed by atoms with van der Waals surface area (Å²) < 4.78 is 0. The molecule has 0 radical (unpaired) electrons. The Hall–Kier alpha value is -0.770. The van der Waals surface area contributed by atoms with E-state index in [0.717, 1.165) is 18.8 Å². The molecule has 0 aromatic rings. The Morgan fingerprint density at radius 1 is 1.06 bits per heavy atom. The zero-order valence-corrected chi connectivity index (χ0v) is 11.7. The van der Waals surface area contributed by atoms with Crippen molar-refractivity contribution >= 4 is 5.96 Å². The second-order valence-corrected chi connectivity index (χ2v) is 5.59. The molecular formula is C13H28N4. The summed E-state index contributed by atoms with van der Waals surface area (Å²) >= 11 is 0. The number of guanidine groups is 1. The van der Waals surface area contributed by atoms with Gasteiger partial charge in [0.15, 0.2) is 5.96 Å². The van der Waals surface area contributed by atoms with Crippen molar-refractivity contribution in [1.29, 1.82) is 0 Å². The Bertz CT molecular complexity index is 236. The first kappa shape index (κ1) is 14.3. The second kappa shape index (κ2) is 6.84. The highest BCUT2D eigenvalue weighted by atomic mass is 15.2. The van der Waals surface area contributed by atoms with Gasteiger partial charge in [-0.15, -0.1) is 0 Å². The molecule has 0 spiro atoms. The smallest absolute Gasteiger partial charge is 0.191 e. The van der Waals surface area contributed by atoms with Gasteiger partial charge in [0, 0.05) is 18.1 Å². The van der Waals surface area contributed by atoms with E-state index in [1.165, 1.54) is 12.8 Å². The van der Waals surface area contributed by atoms with Gasteiger partial charge < -0.3 is 16.4 Å². The highest BCUT2D eigenvalue weighted by Gasteiger charge is 2.21. The Balaban J connectivity index is 2.65. The molecule has 1 aliphatic rings. The van der Waals surface area contributed by atoms with Gasteiger partial charge in [-0.25, -0.2) is 4.99 Å². The Labute approximate surface area is 105 Å². The molecule has 17 heavy (non-hydrogen) atoms. The highest BCUT2D eigenvalue weighted by Crippen LogP contribution is 2.19. The predicted molar refractivity (Wildman–Crippen MR) is 74.2 cm³/mol. The predicted octanol–water partition coefficient (Wildman–Crippen LogP) is 1.61. The van der Waals surface area contributed by atoms with Crippen molar-refractivity contribution in [3.63, 3.8) is 0 Å². The summed E-state index contributed by atoms with van der Waals surface area (Å²) in [5.74, 6) is 0.900. The zero-order chi connectivity index (χ0) is 12.8. The SMILES string of the molecule is CC(C)NC(=N[C@H]1CCCC[C@@H]1N)NC(C)C. The topological polar surface area (TPSA) is 62.4 Å². The lowest BCUT2D eigenvalue weighted by molar-refractivity contribution is 0.384. The Morgan fingerprint density at radius 3 is 2.06 bits per heavy atom. The minimum absolute atomic E-state index is 0.224. The van der Waals surface area contributed by atoms with Gasteiger partial charge in [-0.1, -0.05) is 12.8 Å². The summed E-state index contributed by atoms with van der Waals surface area (Å²) in [6, 6.07) is 1.28. The normalized spacial score (nSPS) is 24.9. The van der Waals surface area contributed by atoms with Gasteiger partial charge in [0.25, 0.3) is 0 Å². The van der Waals surface area contributed by atoms with Crippen molar-refractivity contribution in [2.24, 2.45) is 10.7 Å². The van der Waals surface area contributed by atoms with Crippen molar-refractivity contribution in [1.82, 2.24) is 10.6 Å². The number of nitrogens with two attached hydrogens (primary N) is 1. The summed E-state index contributed by atoms with van der Waals surface area (Å²) in [7, 11) is 0. The molecule has 1 aliphatic carbocycles. The van der Waals surface area contributed by atoms with E-state index in [1.54, 1.807) is 0 Å². The van der Waals surface area contributed by atoms with Gasteiger partial charge in [-0.3, -0.25) is 0 Å². The number of nitrogens with zero attached hydrogens (tertiary/aromatic N) is 1. The molecule has 2 atom stereocenters. The molecule has 4 heteroatoms. The molecule has 0 saturated heterocycles. The van der Waals surface area contributed by atoms with Crippen LogP contribution in [-0.2, 0) is 0 Å². The van der Waals surface area contributed by atoms with Crippen LogP contribution in [0.1, 0.15) is 53.4 Å². The minimum Gasteiger partial charge on any atom is -0.354 e. The van der Waals surface area contributed by atoms with Gasteiger partial charge in [0.2, 0.25) is 0 Å². The van der Waals surface area contributed by atoms with Crippen LogP contribution in [0.2, 0.25) is 0 Å². The van der Waals surface area contributed by atoms with Gasteiger partial charge >= 0.3 is 0 Å². The van der Waals surface area contributed by atoms with Crippen LogP contribution in [0, 0.1) is 0 Å². The second-order valence-electron chi connectivity index (χ2n) is 5.59. The molecule has 0 amide bonds. The zero-order valence-electron chi connectivity index (χ0n) is 11.7. The van der Waals surface area contributed by atoms with Crippen LogP contribution in [0.3, 0.4) is 0 Å². The van der Waals surface area contributed by atoms with Crippen molar-refractivity contribution < 1.29 is 0 Å². The molecule has 0 aromatic carbocycles. The number of rotatable bonds is 3. The van der Waals surface area contributed by atoms with Gasteiger partial charge in [-0.05, 0) is 40.5 Å². The van der Waals surface area contributed by atoms with Crippen LogP contribution in [0.25, 0.3) is 0 Å². The molecule has 4 nitrogen and oxygen atoms in total. The van der Waals surface area contributed by atoms with Crippen LogP contribution in [-0.4, -0.2) is 30.1 Å². The summed E-state index contributed by atoms with van der Waals surface area (Å²) in [6.45, 7) is 8.49. The molecule has 0 aromatic heterocycles. The van der Waals surface area contributed by atoms with Crippen LogP contribution < -0.4 is 16.4 Å². The summed E-state index contributed by atoms with van der Waals surface area (Å²) in [6.07, 6.45) is 4.71. The van der Waals surface area contributed by atoms with E-state index in [-0.39, 0.29) is 12.1 Å². The average Bonchev–Trinajstić information content (AvgIpc) is 2.19. The van der Waals surface area contributed by atoms with E-state index in [2.05, 4.69) is 38.3 Å². The van der Waals surface area contributed by atoms with E-state index in [4.69, 9.17) is 10.7 Å². The lowest BCUT2D eigenvalue weighted by atomic mass is 9.91. The van der Waals surface area contributed by atoms with E-state index in [0.29, 0.717) is 12.1 Å². The molecule has 0 heterocycles.